The first kappa shape index (κ1) is 23.6. The molecular formula is C25H37N3O2Si. The predicted octanol–water partition coefficient (Wildman–Crippen LogP) is 4.57. The molecule has 3 rings (SSSR count). The molecule has 0 radical (unpaired) electrons. The standard InChI is InChI=1S/C25H37N3O2Si/c1-6-29-25(30-7-2)28-20-22(13-18-31(3,4)5)19-24(28)21-26-14-16-27(17-15-26)23-11-9-8-10-12-23/h8-12,19-20,25H,6-7,14-17,21H2,1-5H3. The van der Waals surface area contributed by atoms with Crippen LogP contribution in [0.2, 0.25) is 19.6 Å². The minimum absolute atomic E-state index is 0.405. The van der Waals surface area contributed by atoms with Crippen molar-refractivity contribution in [3.63, 3.8) is 0 Å². The normalized spacial score (nSPS) is 15.2. The van der Waals surface area contributed by atoms with Crippen molar-refractivity contribution >= 4 is 13.8 Å². The zero-order valence-corrected chi connectivity index (χ0v) is 20.7. The minimum atomic E-state index is -1.44. The van der Waals surface area contributed by atoms with E-state index in [-0.39, 0.29) is 0 Å². The molecule has 1 fully saturated rings. The lowest BCUT2D eigenvalue weighted by Crippen LogP contribution is -2.46. The molecule has 2 heterocycles. The molecule has 0 spiro atoms. The maximum absolute atomic E-state index is 5.91. The molecule has 0 N–H and O–H groups in total. The van der Waals surface area contributed by atoms with Crippen LogP contribution in [0.4, 0.5) is 5.69 Å². The number of para-hydroxylation sites is 1. The summed E-state index contributed by atoms with van der Waals surface area (Å²) in [5.74, 6) is 3.40. The van der Waals surface area contributed by atoms with Crippen LogP contribution in [0.15, 0.2) is 42.6 Å². The van der Waals surface area contributed by atoms with Gasteiger partial charge >= 0.3 is 0 Å². The van der Waals surface area contributed by atoms with Crippen molar-refractivity contribution in [1.82, 2.24) is 9.47 Å². The SMILES string of the molecule is CCOC(OCC)n1cc(C#C[Si](C)(C)C)cc1CN1CCN(c2ccccc2)CC1. The molecular weight excluding hydrogens is 402 g/mol. The van der Waals surface area contributed by atoms with Gasteiger partial charge in [-0.1, -0.05) is 43.8 Å². The van der Waals surface area contributed by atoms with Gasteiger partial charge in [0.1, 0.15) is 8.07 Å². The number of aromatic nitrogens is 1. The molecule has 0 atom stereocenters. The Morgan fingerprint density at radius 1 is 0.968 bits per heavy atom. The van der Waals surface area contributed by atoms with Gasteiger partial charge in [-0.05, 0) is 32.0 Å². The third kappa shape index (κ3) is 6.98. The second-order valence-electron chi connectivity index (χ2n) is 8.94. The van der Waals surface area contributed by atoms with Crippen molar-refractivity contribution in [1.29, 1.82) is 0 Å². The highest BCUT2D eigenvalue weighted by Crippen LogP contribution is 2.22. The second kappa shape index (κ2) is 11.0. The summed E-state index contributed by atoms with van der Waals surface area (Å²) in [6.45, 7) is 17.0. The van der Waals surface area contributed by atoms with E-state index in [0.717, 1.165) is 38.3 Å². The summed E-state index contributed by atoms with van der Waals surface area (Å²) in [6.07, 6.45) is 1.69. The fraction of sp³-hybridized carbons (Fsp3) is 0.520. The number of anilines is 1. The van der Waals surface area contributed by atoms with Crippen molar-refractivity contribution in [2.75, 3.05) is 44.3 Å². The summed E-state index contributed by atoms with van der Waals surface area (Å²) < 4.78 is 13.9. The zero-order valence-electron chi connectivity index (χ0n) is 19.7. The molecule has 168 valence electrons. The second-order valence-corrected chi connectivity index (χ2v) is 13.7. The molecule has 1 aliphatic rings. The average Bonchev–Trinajstić information content (AvgIpc) is 3.15. The van der Waals surface area contributed by atoms with E-state index < -0.39 is 14.5 Å². The maximum atomic E-state index is 5.91. The van der Waals surface area contributed by atoms with E-state index in [4.69, 9.17) is 9.47 Å². The Balaban J connectivity index is 1.75. The third-order valence-corrected chi connectivity index (χ3v) is 6.11. The summed E-state index contributed by atoms with van der Waals surface area (Å²) in [7, 11) is -1.44. The van der Waals surface area contributed by atoms with Crippen LogP contribution in [0.3, 0.4) is 0 Å². The number of piperazine rings is 1. The Morgan fingerprint density at radius 3 is 2.19 bits per heavy atom. The van der Waals surface area contributed by atoms with Gasteiger partial charge in [-0.25, -0.2) is 0 Å². The van der Waals surface area contributed by atoms with Crippen LogP contribution in [-0.4, -0.2) is 56.9 Å². The lowest BCUT2D eigenvalue weighted by atomic mass is 10.2. The van der Waals surface area contributed by atoms with E-state index in [2.05, 4.69) is 88.1 Å². The van der Waals surface area contributed by atoms with E-state index in [1.807, 2.05) is 13.8 Å². The van der Waals surface area contributed by atoms with Crippen LogP contribution in [0.25, 0.3) is 0 Å². The summed E-state index contributed by atoms with van der Waals surface area (Å²) in [6, 6.07) is 12.9. The Hall–Kier alpha value is -2.04. The minimum Gasteiger partial charge on any atom is -0.369 e. The average molecular weight is 440 g/mol. The molecule has 0 bridgehead atoms. The molecule has 5 nitrogen and oxygen atoms in total. The molecule has 31 heavy (non-hydrogen) atoms. The quantitative estimate of drug-likeness (QED) is 0.342. The van der Waals surface area contributed by atoms with Crippen LogP contribution >= 0.6 is 0 Å². The molecule has 6 heteroatoms. The van der Waals surface area contributed by atoms with E-state index >= 15 is 0 Å². The fourth-order valence-electron chi connectivity index (χ4n) is 3.70. The fourth-order valence-corrected chi connectivity index (χ4v) is 4.22. The largest absolute Gasteiger partial charge is 0.369 e. The maximum Gasteiger partial charge on any atom is 0.244 e. The van der Waals surface area contributed by atoms with E-state index in [1.54, 1.807) is 0 Å². The number of rotatable bonds is 8. The van der Waals surface area contributed by atoms with Crippen LogP contribution in [0.5, 0.6) is 0 Å². The Bertz CT molecular complexity index is 866. The predicted molar refractivity (Wildman–Crippen MR) is 131 cm³/mol. The molecule has 2 aromatic rings. The highest BCUT2D eigenvalue weighted by atomic mass is 28.3. The molecule has 1 aliphatic heterocycles. The molecule has 0 saturated carbocycles. The monoisotopic (exact) mass is 439 g/mol. The highest BCUT2D eigenvalue weighted by Gasteiger charge is 2.21. The summed E-state index contributed by atoms with van der Waals surface area (Å²) in [5.41, 5.74) is 7.03. The highest BCUT2D eigenvalue weighted by molar-refractivity contribution is 6.83. The topological polar surface area (TPSA) is 29.9 Å². The molecule has 0 aliphatic carbocycles. The lowest BCUT2D eigenvalue weighted by molar-refractivity contribution is -0.187. The number of hydrogen-bond donors (Lipinski definition) is 0. The first-order valence-corrected chi connectivity index (χ1v) is 14.9. The summed E-state index contributed by atoms with van der Waals surface area (Å²) in [4.78, 5) is 4.97. The van der Waals surface area contributed by atoms with Gasteiger partial charge in [-0.15, -0.1) is 5.54 Å². The molecule has 1 aromatic carbocycles. The van der Waals surface area contributed by atoms with Gasteiger partial charge in [0.15, 0.2) is 0 Å². The Morgan fingerprint density at radius 2 is 1.61 bits per heavy atom. The van der Waals surface area contributed by atoms with Crippen molar-refractivity contribution in [3.05, 3.63) is 53.9 Å². The van der Waals surface area contributed by atoms with Crippen molar-refractivity contribution in [2.24, 2.45) is 0 Å². The molecule has 0 unspecified atom stereocenters. The zero-order chi connectivity index (χ0) is 22.3. The number of nitrogens with zero attached hydrogens (tertiary/aromatic N) is 3. The first-order chi connectivity index (χ1) is 14.9. The van der Waals surface area contributed by atoms with Gasteiger partial charge in [0.2, 0.25) is 6.41 Å². The van der Waals surface area contributed by atoms with Gasteiger partial charge in [-0.2, -0.15) is 0 Å². The summed E-state index contributed by atoms with van der Waals surface area (Å²) in [5, 5.41) is 0. The van der Waals surface area contributed by atoms with Gasteiger partial charge in [0.25, 0.3) is 0 Å². The Kier molecular flexibility index (Phi) is 8.39. The lowest BCUT2D eigenvalue weighted by Gasteiger charge is -2.36. The molecule has 1 saturated heterocycles. The van der Waals surface area contributed by atoms with E-state index in [9.17, 15) is 0 Å². The van der Waals surface area contributed by atoms with Crippen LogP contribution in [0, 0.1) is 11.5 Å². The van der Waals surface area contributed by atoms with Gasteiger partial charge < -0.3 is 18.9 Å². The smallest absolute Gasteiger partial charge is 0.244 e. The third-order valence-electron chi connectivity index (χ3n) is 5.24. The molecule has 1 aromatic heterocycles. The van der Waals surface area contributed by atoms with E-state index in [0.29, 0.717) is 13.2 Å². The number of ether oxygens (including phenoxy) is 2. The van der Waals surface area contributed by atoms with Crippen molar-refractivity contribution < 1.29 is 9.47 Å². The van der Waals surface area contributed by atoms with Crippen LogP contribution < -0.4 is 4.90 Å². The van der Waals surface area contributed by atoms with Crippen molar-refractivity contribution in [3.8, 4) is 11.5 Å². The Labute approximate surface area is 189 Å². The van der Waals surface area contributed by atoms with Crippen LogP contribution in [-0.2, 0) is 16.0 Å². The van der Waals surface area contributed by atoms with Gasteiger partial charge in [-0.3, -0.25) is 4.90 Å². The van der Waals surface area contributed by atoms with Gasteiger partial charge in [0.05, 0.1) is 0 Å². The van der Waals surface area contributed by atoms with Crippen molar-refractivity contribution in [2.45, 2.75) is 46.4 Å². The summed E-state index contributed by atoms with van der Waals surface area (Å²) >= 11 is 0. The van der Waals surface area contributed by atoms with Gasteiger partial charge in [0, 0.05) is 69.1 Å². The van der Waals surface area contributed by atoms with Crippen LogP contribution in [0.1, 0.15) is 31.5 Å². The first-order valence-electron chi connectivity index (χ1n) is 11.4. The van der Waals surface area contributed by atoms with E-state index in [1.165, 1.54) is 11.4 Å². The molecule has 0 amide bonds. The number of hydrogen-bond acceptors (Lipinski definition) is 4. The number of benzene rings is 1.